The molecule has 0 spiro atoms. The molecular weight excluding hydrogens is 361 g/mol. The maximum atomic E-state index is 11.5. The quantitative estimate of drug-likeness (QED) is 0.621. The van der Waals surface area contributed by atoms with Crippen molar-refractivity contribution in [3.05, 3.63) is 64.3 Å². The van der Waals surface area contributed by atoms with E-state index in [2.05, 4.69) is 25.8 Å². The zero-order valence-corrected chi connectivity index (χ0v) is 14.6. The fraction of sp³-hybridized carbons (Fsp3) is 0.0588. The van der Waals surface area contributed by atoms with E-state index in [1.165, 1.54) is 13.1 Å². The van der Waals surface area contributed by atoms with Crippen molar-refractivity contribution in [3.8, 4) is 0 Å². The van der Waals surface area contributed by atoms with Crippen LogP contribution in [0.1, 0.15) is 17.3 Å². The van der Waals surface area contributed by atoms with Crippen LogP contribution in [0.2, 0.25) is 10.0 Å². The summed E-state index contributed by atoms with van der Waals surface area (Å²) in [6, 6.07) is 12.1. The number of carbonyl (C=O) groups excluding carboxylic acids is 1. The Labute approximate surface area is 154 Å². The molecule has 0 saturated carbocycles. The molecule has 0 atom stereocenters. The SMILES string of the molecule is CC(=O)c1cccc(Nc2nncc(Nc3cc(Cl)cc(Cl)c3)n2)c1. The Bertz CT molecular complexity index is 912. The molecule has 0 unspecified atom stereocenters. The number of Topliss-reactive ketones (excluding diaryl/α,β-unsaturated/α-hetero) is 1. The highest BCUT2D eigenvalue weighted by Crippen LogP contribution is 2.25. The molecule has 2 aromatic carbocycles. The number of rotatable bonds is 5. The zero-order chi connectivity index (χ0) is 17.8. The predicted molar refractivity (Wildman–Crippen MR) is 99.3 cm³/mol. The van der Waals surface area contributed by atoms with Crippen LogP contribution in [0.25, 0.3) is 0 Å². The van der Waals surface area contributed by atoms with Crippen molar-refractivity contribution >= 4 is 52.1 Å². The van der Waals surface area contributed by atoms with E-state index in [0.29, 0.717) is 38.7 Å². The van der Waals surface area contributed by atoms with Crippen molar-refractivity contribution in [2.45, 2.75) is 6.92 Å². The maximum absolute atomic E-state index is 11.5. The average molecular weight is 374 g/mol. The molecule has 0 radical (unpaired) electrons. The summed E-state index contributed by atoms with van der Waals surface area (Å²) in [7, 11) is 0. The van der Waals surface area contributed by atoms with E-state index in [0.717, 1.165) is 0 Å². The monoisotopic (exact) mass is 373 g/mol. The molecule has 0 aliphatic heterocycles. The first-order chi connectivity index (χ1) is 12.0. The number of benzene rings is 2. The molecule has 2 N–H and O–H groups in total. The van der Waals surface area contributed by atoms with E-state index in [-0.39, 0.29) is 5.78 Å². The summed E-state index contributed by atoms with van der Waals surface area (Å²) in [6.07, 6.45) is 1.48. The van der Waals surface area contributed by atoms with Gasteiger partial charge >= 0.3 is 0 Å². The lowest BCUT2D eigenvalue weighted by Crippen LogP contribution is -2.03. The van der Waals surface area contributed by atoms with Gasteiger partial charge in [-0.15, -0.1) is 5.10 Å². The molecule has 8 heteroatoms. The molecule has 126 valence electrons. The summed E-state index contributed by atoms with van der Waals surface area (Å²) >= 11 is 12.0. The van der Waals surface area contributed by atoms with Gasteiger partial charge in [-0.2, -0.15) is 10.1 Å². The number of nitrogens with one attached hydrogen (secondary N) is 2. The number of aromatic nitrogens is 3. The number of halogens is 2. The smallest absolute Gasteiger partial charge is 0.249 e. The van der Waals surface area contributed by atoms with E-state index in [9.17, 15) is 4.79 Å². The summed E-state index contributed by atoms with van der Waals surface area (Å²) in [4.78, 5) is 15.8. The molecule has 0 aliphatic rings. The normalized spacial score (nSPS) is 10.4. The van der Waals surface area contributed by atoms with Gasteiger partial charge in [0.2, 0.25) is 5.95 Å². The fourth-order valence-electron chi connectivity index (χ4n) is 2.14. The lowest BCUT2D eigenvalue weighted by molar-refractivity contribution is 0.101. The first kappa shape index (κ1) is 17.1. The second kappa shape index (κ2) is 7.46. The van der Waals surface area contributed by atoms with E-state index >= 15 is 0 Å². The molecule has 3 rings (SSSR count). The predicted octanol–water partition coefficient (Wildman–Crippen LogP) is 4.87. The van der Waals surface area contributed by atoms with Crippen LogP contribution in [0.4, 0.5) is 23.1 Å². The summed E-state index contributed by atoms with van der Waals surface area (Å²) in [6.45, 7) is 1.51. The number of hydrogen-bond donors (Lipinski definition) is 2. The van der Waals surface area contributed by atoms with Gasteiger partial charge in [-0.3, -0.25) is 4.79 Å². The van der Waals surface area contributed by atoms with Crippen LogP contribution in [-0.2, 0) is 0 Å². The second-order valence-electron chi connectivity index (χ2n) is 5.21. The van der Waals surface area contributed by atoms with Gasteiger partial charge in [0.05, 0.1) is 6.20 Å². The highest BCUT2D eigenvalue weighted by atomic mass is 35.5. The van der Waals surface area contributed by atoms with Crippen molar-refractivity contribution in [2.75, 3.05) is 10.6 Å². The van der Waals surface area contributed by atoms with Crippen molar-refractivity contribution in [2.24, 2.45) is 0 Å². The number of ketones is 1. The average Bonchev–Trinajstić information content (AvgIpc) is 2.54. The van der Waals surface area contributed by atoms with Gasteiger partial charge in [-0.1, -0.05) is 35.3 Å². The number of anilines is 4. The van der Waals surface area contributed by atoms with Gasteiger partial charge in [0.1, 0.15) is 0 Å². The molecule has 0 bridgehead atoms. The Hall–Kier alpha value is -2.70. The minimum atomic E-state index is -0.0176. The minimum Gasteiger partial charge on any atom is -0.339 e. The molecule has 25 heavy (non-hydrogen) atoms. The van der Waals surface area contributed by atoms with Gasteiger partial charge in [0.25, 0.3) is 0 Å². The van der Waals surface area contributed by atoms with E-state index in [4.69, 9.17) is 23.2 Å². The summed E-state index contributed by atoms with van der Waals surface area (Å²) < 4.78 is 0. The van der Waals surface area contributed by atoms with Crippen molar-refractivity contribution in [1.29, 1.82) is 0 Å². The zero-order valence-electron chi connectivity index (χ0n) is 13.1. The van der Waals surface area contributed by atoms with Gasteiger partial charge < -0.3 is 10.6 Å². The molecule has 1 heterocycles. The van der Waals surface area contributed by atoms with Crippen molar-refractivity contribution in [3.63, 3.8) is 0 Å². The van der Waals surface area contributed by atoms with E-state index < -0.39 is 0 Å². The van der Waals surface area contributed by atoms with Crippen LogP contribution in [-0.4, -0.2) is 21.0 Å². The first-order valence-corrected chi connectivity index (χ1v) is 8.06. The second-order valence-corrected chi connectivity index (χ2v) is 6.08. The van der Waals surface area contributed by atoms with Crippen LogP contribution >= 0.6 is 23.2 Å². The standard InChI is InChI=1S/C17H13Cl2N5O/c1-10(25)11-3-2-4-14(5-11)22-17-23-16(9-20-24-17)21-15-7-12(18)6-13(19)8-15/h2-9H,1H3,(H2,21,22,23,24). The largest absolute Gasteiger partial charge is 0.339 e. The molecule has 0 amide bonds. The van der Waals surface area contributed by atoms with Crippen LogP contribution in [0.15, 0.2) is 48.7 Å². The number of nitrogens with zero attached hydrogens (tertiary/aromatic N) is 3. The molecule has 1 aromatic heterocycles. The van der Waals surface area contributed by atoms with Crippen LogP contribution < -0.4 is 10.6 Å². The van der Waals surface area contributed by atoms with Crippen LogP contribution in [0.5, 0.6) is 0 Å². The Morgan fingerprint density at radius 3 is 2.48 bits per heavy atom. The molecule has 3 aromatic rings. The molecule has 6 nitrogen and oxygen atoms in total. The fourth-order valence-corrected chi connectivity index (χ4v) is 2.66. The van der Waals surface area contributed by atoms with Crippen LogP contribution in [0.3, 0.4) is 0 Å². The van der Waals surface area contributed by atoms with Gasteiger partial charge in [0, 0.05) is 27.0 Å². The summed E-state index contributed by atoms with van der Waals surface area (Å²) in [5.74, 6) is 0.744. The molecular formula is C17H13Cl2N5O. The number of hydrogen-bond acceptors (Lipinski definition) is 6. The van der Waals surface area contributed by atoms with E-state index in [1.54, 1.807) is 36.4 Å². The Morgan fingerprint density at radius 1 is 1.00 bits per heavy atom. The molecule has 0 fully saturated rings. The van der Waals surface area contributed by atoms with E-state index in [1.807, 2.05) is 6.07 Å². The Kier molecular flexibility index (Phi) is 5.11. The molecule has 0 aliphatic carbocycles. The van der Waals surface area contributed by atoms with Crippen molar-refractivity contribution in [1.82, 2.24) is 15.2 Å². The molecule has 0 saturated heterocycles. The lowest BCUT2D eigenvalue weighted by atomic mass is 10.1. The topological polar surface area (TPSA) is 79.8 Å². The third kappa shape index (κ3) is 4.65. The van der Waals surface area contributed by atoms with Crippen molar-refractivity contribution < 1.29 is 4.79 Å². The number of carbonyl (C=O) groups is 1. The third-order valence-electron chi connectivity index (χ3n) is 3.22. The Morgan fingerprint density at radius 2 is 1.76 bits per heavy atom. The highest BCUT2D eigenvalue weighted by molar-refractivity contribution is 6.35. The van der Waals surface area contributed by atoms with Gasteiger partial charge in [-0.25, -0.2) is 0 Å². The summed E-state index contributed by atoms with van der Waals surface area (Å²) in [5.41, 5.74) is 1.97. The highest BCUT2D eigenvalue weighted by Gasteiger charge is 2.05. The van der Waals surface area contributed by atoms with Crippen LogP contribution in [0, 0.1) is 0 Å². The third-order valence-corrected chi connectivity index (χ3v) is 3.66. The van der Waals surface area contributed by atoms with Gasteiger partial charge in [0.15, 0.2) is 11.6 Å². The Balaban J connectivity index is 1.79. The first-order valence-electron chi connectivity index (χ1n) is 7.30. The van der Waals surface area contributed by atoms with Gasteiger partial charge in [-0.05, 0) is 37.3 Å². The lowest BCUT2D eigenvalue weighted by Gasteiger charge is -2.09. The maximum Gasteiger partial charge on any atom is 0.249 e. The minimum absolute atomic E-state index is 0.0176. The summed E-state index contributed by atoms with van der Waals surface area (Å²) in [5, 5.41) is 15.0.